The van der Waals surface area contributed by atoms with Crippen molar-refractivity contribution in [1.29, 1.82) is 0 Å². The van der Waals surface area contributed by atoms with E-state index in [-0.39, 0.29) is 6.10 Å². The van der Waals surface area contributed by atoms with Crippen LogP contribution in [0, 0.1) is 11.8 Å². The summed E-state index contributed by atoms with van der Waals surface area (Å²) in [5, 5.41) is 9.69. The molecule has 0 bridgehead atoms. The Morgan fingerprint density at radius 2 is 2.00 bits per heavy atom. The van der Waals surface area contributed by atoms with Crippen LogP contribution in [0.4, 0.5) is 0 Å². The van der Waals surface area contributed by atoms with Gasteiger partial charge >= 0.3 is 0 Å². The molecule has 2 rings (SSSR count). The predicted molar refractivity (Wildman–Crippen MR) is 46.9 cm³/mol. The van der Waals surface area contributed by atoms with Gasteiger partial charge in [-0.05, 0) is 37.5 Å². The van der Waals surface area contributed by atoms with Gasteiger partial charge in [-0.1, -0.05) is 6.42 Å². The third-order valence-electron chi connectivity index (χ3n) is 3.33. The molecule has 3 atom stereocenters. The molecule has 2 nitrogen and oxygen atoms in total. The molecule has 0 spiro atoms. The number of aliphatic hydroxyl groups is 1. The van der Waals surface area contributed by atoms with Gasteiger partial charge in [-0.15, -0.1) is 0 Å². The summed E-state index contributed by atoms with van der Waals surface area (Å²) in [5.41, 5.74) is 0. The van der Waals surface area contributed by atoms with E-state index in [4.69, 9.17) is 4.74 Å². The molecule has 2 fully saturated rings. The summed E-state index contributed by atoms with van der Waals surface area (Å²) >= 11 is 0. The molecule has 3 unspecified atom stereocenters. The number of hydrogen-bond donors (Lipinski definition) is 1. The fraction of sp³-hybridized carbons (Fsp3) is 1.00. The average molecular weight is 170 g/mol. The second-order valence-corrected chi connectivity index (χ2v) is 4.14. The van der Waals surface area contributed by atoms with Gasteiger partial charge in [0, 0.05) is 13.2 Å². The Labute approximate surface area is 73.9 Å². The zero-order valence-corrected chi connectivity index (χ0v) is 7.54. The molecule has 1 saturated carbocycles. The highest BCUT2D eigenvalue weighted by molar-refractivity contribution is 4.83. The Hall–Kier alpha value is -0.0800. The van der Waals surface area contributed by atoms with Crippen LogP contribution >= 0.6 is 0 Å². The minimum Gasteiger partial charge on any atom is -0.393 e. The minimum atomic E-state index is -0.0308. The van der Waals surface area contributed by atoms with Crippen LogP contribution in [-0.2, 0) is 4.74 Å². The molecule has 1 aliphatic carbocycles. The van der Waals surface area contributed by atoms with Crippen LogP contribution in [0.15, 0.2) is 0 Å². The predicted octanol–water partition coefficient (Wildman–Crippen LogP) is 1.57. The van der Waals surface area contributed by atoms with Crippen molar-refractivity contribution < 1.29 is 9.84 Å². The minimum absolute atomic E-state index is 0.0308. The largest absolute Gasteiger partial charge is 0.393 e. The monoisotopic (exact) mass is 170 g/mol. The molecule has 0 radical (unpaired) electrons. The molecule has 2 aliphatic rings. The number of aliphatic hydroxyl groups excluding tert-OH is 1. The molecular weight excluding hydrogens is 152 g/mol. The Morgan fingerprint density at radius 1 is 1.08 bits per heavy atom. The van der Waals surface area contributed by atoms with Crippen molar-refractivity contribution >= 4 is 0 Å². The van der Waals surface area contributed by atoms with Gasteiger partial charge in [-0.3, -0.25) is 0 Å². The molecule has 0 aromatic carbocycles. The third kappa shape index (κ3) is 1.64. The molecule has 0 aromatic rings. The Bertz CT molecular complexity index is 141. The fourth-order valence-electron chi connectivity index (χ4n) is 2.62. The lowest BCUT2D eigenvalue weighted by molar-refractivity contribution is 0.000182. The fourth-order valence-corrected chi connectivity index (χ4v) is 2.62. The third-order valence-corrected chi connectivity index (χ3v) is 3.33. The van der Waals surface area contributed by atoms with Gasteiger partial charge in [-0.25, -0.2) is 0 Å². The number of ether oxygens (including phenoxy) is 1. The molecule has 1 saturated heterocycles. The number of rotatable bonds is 1. The van der Waals surface area contributed by atoms with Crippen LogP contribution < -0.4 is 0 Å². The lowest BCUT2D eigenvalue weighted by atomic mass is 9.85. The van der Waals surface area contributed by atoms with Crippen molar-refractivity contribution in [2.24, 2.45) is 11.8 Å². The van der Waals surface area contributed by atoms with Crippen LogP contribution in [0.3, 0.4) is 0 Å². The van der Waals surface area contributed by atoms with E-state index in [0.717, 1.165) is 19.6 Å². The van der Waals surface area contributed by atoms with Gasteiger partial charge in [0.15, 0.2) is 0 Å². The topological polar surface area (TPSA) is 29.5 Å². The maximum Gasteiger partial charge on any atom is 0.0571 e. The highest BCUT2D eigenvalue weighted by atomic mass is 16.5. The van der Waals surface area contributed by atoms with E-state index in [1.807, 2.05) is 0 Å². The van der Waals surface area contributed by atoms with E-state index >= 15 is 0 Å². The maximum absolute atomic E-state index is 9.69. The molecule has 1 heterocycles. The highest BCUT2D eigenvalue weighted by Gasteiger charge is 2.33. The SMILES string of the molecule is OC1CCCC1C1CCCOC1. The zero-order valence-electron chi connectivity index (χ0n) is 7.54. The van der Waals surface area contributed by atoms with Crippen molar-refractivity contribution in [3.63, 3.8) is 0 Å². The van der Waals surface area contributed by atoms with E-state index < -0.39 is 0 Å². The first-order chi connectivity index (χ1) is 5.88. The van der Waals surface area contributed by atoms with Crippen molar-refractivity contribution in [3.8, 4) is 0 Å². The van der Waals surface area contributed by atoms with Crippen LogP contribution in [0.25, 0.3) is 0 Å². The molecule has 1 aliphatic heterocycles. The van der Waals surface area contributed by atoms with Crippen molar-refractivity contribution in [1.82, 2.24) is 0 Å². The maximum atomic E-state index is 9.69. The molecule has 0 aromatic heterocycles. The van der Waals surface area contributed by atoms with Gasteiger partial charge in [0.1, 0.15) is 0 Å². The summed E-state index contributed by atoms with van der Waals surface area (Å²) in [4.78, 5) is 0. The van der Waals surface area contributed by atoms with Crippen LogP contribution in [0.1, 0.15) is 32.1 Å². The Morgan fingerprint density at radius 3 is 2.58 bits per heavy atom. The van der Waals surface area contributed by atoms with Crippen molar-refractivity contribution in [3.05, 3.63) is 0 Å². The Kier molecular flexibility index (Phi) is 2.66. The normalized spacial score (nSPS) is 43.2. The van der Waals surface area contributed by atoms with Crippen molar-refractivity contribution in [2.75, 3.05) is 13.2 Å². The average Bonchev–Trinajstić information content (AvgIpc) is 2.53. The first-order valence-corrected chi connectivity index (χ1v) is 5.14. The zero-order chi connectivity index (χ0) is 8.39. The molecule has 2 heteroatoms. The summed E-state index contributed by atoms with van der Waals surface area (Å²) in [7, 11) is 0. The summed E-state index contributed by atoms with van der Waals surface area (Å²) < 4.78 is 5.43. The second kappa shape index (κ2) is 3.75. The van der Waals surface area contributed by atoms with Crippen molar-refractivity contribution in [2.45, 2.75) is 38.2 Å². The molecule has 12 heavy (non-hydrogen) atoms. The van der Waals surface area contributed by atoms with Gasteiger partial charge in [0.2, 0.25) is 0 Å². The second-order valence-electron chi connectivity index (χ2n) is 4.14. The molecule has 0 amide bonds. The van der Waals surface area contributed by atoms with Gasteiger partial charge < -0.3 is 9.84 Å². The Balaban J connectivity index is 1.89. The van der Waals surface area contributed by atoms with E-state index in [0.29, 0.717) is 11.8 Å². The van der Waals surface area contributed by atoms with E-state index in [9.17, 15) is 5.11 Å². The first kappa shape index (κ1) is 8.52. The van der Waals surface area contributed by atoms with Crippen LogP contribution in [0.2, 0.25) is 0 Å². The lowest BCUT2D eigenvalue weighted by Crippen LogP contribution is -2.29. The van der Waals surface area contributed by atoms with E-state index in [1.54, 1.807) is 0 Å². The van der Waals surface area contributed by atoms with Gasteiger partial charge in [0.25, 0.3) is 0 Å². The summed E-state index contributed by atoms with van der Waals surface area (Å²) in [5.74, 6) is 1.20. The van der Waals surface area contributed by atoms with Crippen LogP contribution in [0.5, 0.6) is 0 Å². The standard InChI is InChI=1S/C10H18O2/c11-10-5-1-4-9(10)8-3-2-6-12-7-8/h8-11H,1-7H2. The molecule has 70 valence electrons. The lowest BCUT2D eigenvalue weighted by Gasteiger charge is -2.29. The quantitative estimate of drug-likeness (QED) is 0.647. The molecular formula is C10H18O2. The van der Waals surface area contributed by atoms with E-state index in [2.05, 4.69) is 0 Å². The first-order valence-electron chi connectivity index (χ1n) is 5.14. The smallest absolute Gasteiger partial charge is 0.0571 e. The number of hydrogen-bond acceptors (Lipinski definition) is 2. The van der Waals surface area contributed by atoms with Crippen LogP contribution in [-0.4, -0.2) is 24.4 Å². The van der Waals surface area contributed by atoms with E-state index in [1.165, 1.54) is 25.7 Å². The molecule has 1 N–H and O–H groups in total. The summed E-state index contributed by atoms with van der Waals surface area (Å²) in [6.45, 7) is 1.82. The highest BCUT2D eigenvalue weighted by Crippen LogP contribution is 2.35. The summed E-state index contributed by atoms with van der Waals surface area (Å²) in [6.07, 6.45) is 5.87. The summed E-state index contributed by atoms with van der Waals surface area (Å²) in [6, 6.07) is 0. The van der Waals surface area contributed by atoms with Gasteiger partial charge in [0.05, 0.1) is 6.10 Å². The van der Waals surface area contributed by atoms with Gasteiger partial charge in [-0.2, -0.15) is 0 Å².